The zero-order valence-electron chi connectivity index (χ0n) is 14.4. The van der Waals surface area contributed by atoms with Gasteiger partial charge in [0.1, 0.15) is 24.4 Å². The van der Waals surface area contributed by atoms with Crippen LogP contribution in [0.1, 0.15) is 5.56 Å². The molecule has 0 aliphatic heterocycles. The van der Waals surface area contributed by atoms with Gasteiger partial charge in [0.05, 0.1) is 12.3 Å². The first kappa shape index (κ1) is 19.7. The molecule has 1 rings (SSSR count). The molecule has 0 fully saturated rings. The number of ether oxygens (including phenoxy) is 4. The standard InChI is InChI=1S/C17H27NO5/c1-12-6-8-13(9-7-12)18-10-15(21-3)17(23-5)16(22-4)14(19)11-20-2/h6-10,14-17,19H,11H2,1-5H3/t14-,15+,16-,17+/m1/s1. The number of methoxy groups -OCH3 is 4. The van der Waals surface area contributed by atoms with Crippen LogP contribution >= 0.6 is 0 Å². The Kier molecular flexibility index (Phi) is 8.98. The van der Waals surface area contributed by atoms with Crippen LogP contribution in [0.2, 0.25) is 0 Å². The van der Waals surface area contributed by atoms with E-state index in [9.17, 15) is 5.11 Å². The third-order valence-corrected chi connectivity index (χ3v) is 3.59. The lowest BCUT2D eigenvalue weighted by molar-refractivity contribution is -0.137. The molecule has 0 aromatic heterocycles. The lowest BCUT2D eigenvalue weighted by Gasteiger charge is -2.31. The van der Waals surface area contributed by atoms with Gasteiger partial charge in [0, 0.05) is 34.7 Å². The molecule has 0 saturated heterocycles. The number of nitrogens with zero attached hydrogens (tertiary/aromatic N) is 1. The van der Waals surface area contributed by atoms with Gasteiger partial charge in [-0.1, -0.05) is 17.7 Å². The number of aliphatic imine (C=N–C) groups is 1. The molecular formula is C17H27NO5. The highest BCUT2D eigenvalue weighted by Gasteiger charge is 2.34. The third kappa shape index (κ3) is 6.01. The molecule has 0 aliphatic rings. The molecule has 4 atom stereocenters. The van der Waals surface area contributed by atoms with Gasteiger partial charge in [0.15, 0.2) is 0 Å². The topological polar surface area (TPSA) is 69.5 Å². The van der Waals surface area contributed by atoms with E-state index in [0.717, 1.165) is 5.69 Å². The summed E-state index contributed by atoms with van der Waals surface area (Å²) >= 11 is 0. The van der Waals surface area contributed by atoms with Crippen LogP contribution < -0.4 is 0 Å². The van der Waals surface area contributed by atoms with Gasteiger partial charge >= 0.3 is 0 Å². The summed E-state index contributed by atoms with van der Waals surface area (Å²) in [4.78, 5) is 4.41. The SMILES string of the molecule is COC[C@@H](O)[C@@H](OC)[C@@H](OC)[C@H](C=Nc1ccc(C)cc1)OC. The Morgan fingerprint density at radius 1 is 1.00 bits per heavy atom. The molecule has 23 heavy (non-hydrogen) atoms. The summed E-state index contributed by atoms with van der Waals surface area (Å²) in [6.07, 6.45) is -0.776. The minimum atomic E-state index is -0.833. The van der Waals surface area contributed by atoms with Gasteiger partial charge in [0.25, 0.3) is 0 Å². The summed E-state index contributed by atoms with van der Waals surface area (Å²) in [7, 11) is 6.14. The second-order valence-corrected chi connectivity index (χ2v) is 5.24. The first-order valence-corrected chi connectivity index (χ1v) is 7.43. The normalized spacial score (nSPS) is 17.1. The van der Waals surface area contributed by atoms with E-state index in [4.69, 9.17) is 18.9 Å². The summed E-state index contributed by atoms with van der Waals surface area (Å²) in [6.45, 7) is 2.16. The van der Waals surface area contributed by atoms with Crippen molar-refractivity contribution in [2.45, 2.75) is 31.3 Å². The minimum Gasteiger partial charge on any atom is -0.388 e. The zero-order valence-corrected chi connectivity index (χ0v) is 14.4. The van der Waals surface area contributed by atoms with Crippen LogP contribution in [0.25, 0.3) is 0 Å². The monoisotopic (exact) mass is 325 g/mol. The van der Waals surface area contributed by atoms with Gasteiger partial charge in [-0.2, -0.15) is 0 Å². The Morgan fingerprint density at radius 2 is 1.61 bits per heavy atom. The Morgan fingerprint density at radius 3 is 2.09 bits per heavy atom. The van der Waals surface area contributed by atoms with Crippen LogP contribution in [0.4, 0.5) is 5.69 Å². The Bertz CT molecular complexity index is 463. The molecule has 0 aliphatic carbocycles. The van der Waals surface area contributed by atoms with Crippen LogP contribution in [0.3, 0.4) is 0 Å². The highest BCUT2D eigenvalue weighted by Crippen LogP contribution is 2.16. The molecule has 6 heteroatoms. The van der Waals surface area contributed by atoms with Crippen LogP contribution in [-0.4, -0.2) is 70.8 Å². The van der Waals surface area contributed by atoms with Crippen molar-refractivity contribution in [3.8, 4) is 0 Å². The first-order chi connectivity index (χ1) is 11.1. The molecule has 0 saturated carbocycles. The van der Waals surface area contributed by atoms with Crippen molar-refractivity contribution >= 4 is 11.9 Å². The van der Waals surface area contributed by atoms with E-state index >= 15 is 0 Å². The van der Waals surface area contributed by atoms with Gasteiger partial charge in [-0.05, 0) is 19.1 Å². The Labute approximate surface area is 138 Å². The summed E-state index contributed by atoms with van der Waals surface area (Å²) in [5.74, 6) is 0. The highest BCUT2D eigenvalue weighted by molar-refractivity contribution is 5.68. The number of hydrogen-bond donors (Lipinski definition) is 1. The second kappa shape index (κ2) is 10.5. The fourth-order valence-corrected chi connectivity index (χ4v) is 2.30. The van der Waals surface area contributed by atoms with Crippen molar-refractivity contribution in [1.82, 2.24) is 0 Å². The number of rotatable bonds is 10. The molecule has 6 nitrogen and oxygen atoms in total. The molecule has 0 heterocycles. The van der Waals surface area contributed by atoms with Crippen LogP contribution in [0.5, 0.6) is 0 Å². The van der Waals surface area contributed by atoms with E-state index in [1.165, 1.54) is 19.8 Å². The van der Waals surface area contributed by atoms with Gasteiger partial charge in [-0.15, -0.1) is 0 Å². The fourth-order valence-electron chi connectivity index (χ4n) is 2.30. The van der Waals surface area contributed by atoms with Crippen molar-refractivity contribution < 1.29 is 24.1 Å². The summed E-state index contributed by atoms with van der Waals surface area (Å²) in [6, 6.07) is 7.83. The fraction of sp³-hybridized carbons (Fsp3) is 0.588. The molecule has 0 bridgehead atoms. The molecule has 0 spiro atoms. The van der Waals surface area contributed by atoms with Crippen molar-refractivity contribution in [2.24, 2.45) is 4.99 Å². The van der Waals surface area contributed by atoms with E-state index < -0.39 is 24.4 Å². The van der Waals surface area contributed by atoms with E-state index in [2.05, 4.69) is 4.99 Å². The quantitative estimate of drug-likeness (QED) is 0.664. The predicted octanol–water partition coefficient (Wildman–Crippen LogP) is 1.75. The number of hydrogen-bond acceptors (Lipinski definition) is 6. The molecular weight excluding hydrogens is 298 g/mol. The average molecular weight is 325 g/mol. The average Bonchev–Trinajstić information content (AvgIpc) is 2.56. The third-order valence-electron chi connectivity index (χ3n) is 3.59. The van der Waals surface area contributed by atoms with Crippen molar-refractivity contribution in [3.63, 3.8) is 0 Å². The molecule has 1 aromatic carbocycles. The van der Waals surface area contributed by atoms with Crippen molar-refractivity contribution in [3.05, 3.63) is 29.8 Å². The number of aliphatic hydroxyl groups excluding tert-OH is 1. The van der Waals surface area contributed by atoms with E-state index in [0.29, 0.717) is 0 Å². The van der Waals surface area contributed by atoms with Gasteiger partial charge in [-0.25, -0.2) is 0 Å². The van der Waals surface area contributed by atoms with Crippen LogP contribution in [0.15, 0.2) is 29.3 Å². The Balaban J connectivity index is 2.87. The van der Waals surface area contributed by atoms with Gasteiger partial charge in [-0.3, -0.25) is 4.99 Å². The smallest absolute Gasteiger partial charge is 0.121 e. The Hall–Kier alpha value is -1.31. The maximum absolute atomic E-state index is 10.1. The maximum atomic E-state index is 10.1. The van der Waals surface area contributed by atoms with E-state index in [-0.39, 0.29) is 6.61 Å². The number of benzene rings is 1. The molecule has 130 valence electrons. The zero-order chi connectivity index (χ0) is 17.2. The minimum absolute atomic E-state index is 0.143. The van der Waals surface area contributed by atoms with Crippen LogP contribution in [-0.2, 0) is 18.9 Å². The molecule has 1 aromatic rings. The van der Waals surface area contributed by atoms with E-state index in [1.807, 2.05) is 31.2 Å². The number of aliphatic hydroxyl groups is 1. The van der Waals surface area contributed by atoms with Crippen molar-refractivity contribution in [1.29, 1.82) is 0 Å². The van der Waals surface area contributed by atoms with Crippen LogP contribution in [0, 0.1) is 6.92 Å². The first-order valence-electron chi connectivity index (χ1n) is 7.43. The lowest BCUT2D eigenvalue weighted by atomic mass is 10.0. The maximum Gasteiger partial charge on any atom is 0.121 e. The summed E-state index contributed by atoms with van der Waals surface area (Å²) < 4.78 is 21.3. The number of aryl methyl sites for hydroxylation is 1. The molecule has 0 radical (unpaired) electrons. The molecule has 1 N–H and O–H groups in total. The summed E-state index contributed by atoms with van der Waals surface area (Å²) in [5, 5.41) is 10.1. The highest BCUT2D eigenvalue weighted by atomic mass is 16.6. The second-order valence-electron chi connectivity index (χ2n) is 5.24. The van der Waals surface area contributed by atoms with Crippen molar-refractivity contribution in [2.75, 3.05) is 35.0 Å². The predicted molar refractivity (Wildman–Crippen MR) is 89.6 cm³/mol. The van der Waals surface area contributed by atoms with Gasteiger partial charge < -0.3 is 24.1 Å². The lowest BCUT2D eigenvalue weighted by Crippen LogP contribution is -2.49. The van der Waals surface area contributed by atoms with E-state index in [1.54, 1.807) is 20.4 Å². The molecule has 0 unspecified atom stereocenters. The largest absolute Gasteiger partial charge is 0.388 e. The molecule has 0 amide bonds. The van der Waals surface area contributed by atoms with Gasteiger partial charge in [0.2, 0.25) is 0 Å². The summed E-state index contributed by atoms with van der Waals surface area (Å²) in [5.41, 5.74) is 1.99.